The topological polar surface area (TPSA) is 231 Å². The maximum absolute atomic E-state index is 13.0. The summed E-state index contributed by atoms with van der Waals surface area (Å²) in [6.07, 6.45) is 3.83. The van der Waals surface area contributed by atoms with Gasteiger partial charge < -0.3 is 4.74 Å². The number of sulfone groups is 3. The van der Waals surface area contributed by atoms with Crippen LogP contribution in [0.15, 0.2) is 192 Å². The first-order chi connectivity index (χ1) is 42.4. The Morgan fingerprint density at radius 3 is 1.09 bits per heavy atom. The zero-order chi connectivity index (χ0) is 64.1. The number of ether oxygens (including phenoxy) is 1. The molecule has 8 aromatic rings. The normalized spacial score (nSPS) is 14.5. The van der Waals surface area contributed by atoms with Crippen LogP contribution in [0.3, 0.4) is 0 Å². The van der Waals surface area contributed by atoms with E-state index in [1.54, 1.807) is 178 Å². The van der Waals surface area contributed by atoms with Crippen molar-refractivity contribution in [2.75, 3.05) is 12.4 Å². The van der Waals surface area contributed by atoms with Crippen LogP contribution >= 0.6 is 0 Å². The van der Waals surface area contributed by atoms with Crippen molar-refractivity contribution in [3.8, 4) is 0 Å². The minimum absolute atomic E-state index is 0.209. The van der Waals surface area contributed by atoms with Crippen molar-refractivity contribution in [2.24, 2.45) is 5.92 Å². The first kappa shape index (κ1) is 64.6. The smallest absolute Gasteiger partial charge is 0.306 e. The Hall–Kier alpha value is -8.90. The summed E-state index contributed by atoms with van der Waals surface area (Å²) in [5.41, 5.74) is 6.12. The number of unbranched alkanes of at least 4 members (excludes halogenated alkanes) is 1. The van der Waals surface area contributed by atoms with Gasteiger partial charge in [-0.2, -0.15) is 0 Å². The fraction of sp³-hybridized carbons (Fsp3) is 0.236. The van der Waals surface area contributed by atoms with E-state index in [-0.39, 0.29) is 78.9 Å². The quantitative estimate of drug-likeness (QED) is 0.0772. The molecule has 8 aromatic carbocycles. The van der Waals surface area contributed by atoms with Gasteiger partial charge in [-0.15, -0.1) is 0 Å². The van der Waals surface area contributed by atoms with Crippen molar-refractivity contribution >= 4 is 70.2 Å². The van der Waals surface area contributed by atoms with Gasteiger partial charge in [-0.3, -0.25) is 33.6 Å². The Kier molecular flexibility index (Phi) is 19.5. The van der Waals surface area contributed by atoms with E-state index in [9.17, 15) is 58.8 Å². The molecular weight excluding hydrogens is 1180 g/mol. The highest BCUT2D eigenvalue weighted by Crippen LogP contribution is 2.37. The van der Waals surface area contributed by atoms with E-state index < -0.39 is 51.2 Å². The Morgan fingerprint density at radius 2 is 0.730 bits per heavy atom. The van der Waals surface area contributed by atoms with E-state index in [4.69, 9.17) is 4.74 Å². The van der Waals surface area contributed by atoms with Crippen LogP contribution in [-0.4, -0.2) is 78.3 Å². The summed E-state index contributed by atoms with van der Waals surface area (Å²) in [7, 11) is -10.9. The summed E-state index contributed by atoms with van der Waals surface area (Å²) in [6, 6.07) is 48.9. The summed E-state index contributed by atoms with van der Waals surface area (Å²) in [5, 5.41) is -2.62. The molecule has 0 aromatic heterocycles. The van der Waals surface area contributed by atoms with Crippen LogP contribution in [0.2, 0.25) is 0 Å². The lowest BCUT2D eigenvalue weighted by Gasteiger charge is -2.20. The van der Waals surface area contributed by atoms with Gasteiger partial charge in [0.2, 0.25) is 0 Å². The number of benzene rings is 8. The number of fused-ring (bicyclic) bond motifs is 6. The minimum atomic E-state index is -3.68. The highest BCUT2D eigenvalue weighted by Gasteiger charge is 2.36. The average Bonchev–Trinajstić information content (AvgIpc) is 2.94. The van der Waals surface area contributed by atoms with E-state index in [0.29, 0.717) is 73.7 Å². The molecule has 0 saturated heterocycles. The molecule has 0 saturated carbocycles. The van der Waals surface area contributed by atoms with Crippen molar-refractivity contribution in [3.63, 3.8) is 0 Å². The van der Waals surface area contributed by atoms with Gasteiger partial charge in [0, 0.05) is 66.8 Å². The maximum atomic E-state index is 13.0. The van der Waals surface area contributed by atoms with Crippen LogP contribution in [0.1, 0.15) is 200 Å². The second-order valence-corrected chi connectivity index (χ2v) is 29.4. The fourth-order valence-electron chi connectivity index (χ4n) is 11.0. The lowest BCUT2D eigenvalue weighted by molar-refractivity contribution is -0.144. The SMILES string of the molecule is CC(c1ccc2c(c1)C(=O)c1ccccc1C2=O)S(=O)(=O)c1ccccc1.CCCCC(CC)COC(=O)CCS(=O)(=O)C(C)c1ccc2c(c1)C(=O)c1ccccc1C2=O.Cc1ccc(S(=O)(=O)C(C)c2ccc3c(c2)C(=O)c2ccccc2C3=O)cc1. The van der Waals surface area contributed by atoms with Gasteiger partial charge in [0.15, 0.2) is 64.2 Å². The molecule has 17 heteroatoms. The molecule has 0 aliphatic heterocycles. The van der Waals surface area contributed by atoms with Gasteiger partial charge in [0.1, 0.15) is 0 Å². The highest BCUT2D eigenvalue weighted by atomic mass is 32.2. The molecule has 3 aliphatic rings. The standard InChI is InChI=1S/C27H32O6S.C23H18O4S.C22H16O4S/c1-4-6-9-19(5-2)17-33-25(28)14-15-34(31,32)18(3)20-12-13-23-24(16-20)27(30)22-11-8-7-10-21(22)26(23)29;1-14-7-10-17(11-8-14)28(26,27)15(2)16-9-12-20-21(13-16)23(25)19-6-4-3-5-18(19)22(20)24;1-14(27(25,26)16-7-3-2-4-8-16)15-11-12-19-20(13-15)22(24)18-10-6-5-9-17(18)21(19)23/h7-8,10-13,16,18-19H,4-6,9,14-15,17H2,1-3H3;3-13,15H,1-2H3;2-14H,1H3. The van der Waals surface area contributed by atoms with E-state index in [2.05, 4.69) is 13.8 Å². The van der Waals surface area contributed by atoms with Crippen LogP contribution in [0.5, 0.6) is 0 Å². The number of hydrogen-bond acceptors (Lipinski definition) is 14. The number of hydrogen-bond donors (Lipinski definition) is 0. The Bertz CT molecular complexity index is 4490. The molecule has 0 amide bonds. The number of rotatable bonds is 17. The van der Waals surface area contributed by atoms with E-state index in [1.165, 1.54) is 25.1 Å². The average molecular weight is 1250 g/mol. The molecule has 0 bridgehead atoms. The third-order valence-corrected chi connectivity index (χ3v) is 23.1. The molecule has 14 nitrogen and oxygen atoms in total. The first-order valence-corrected chi connectivity index (χ1v) is 34.2. The molecule has 0 fully saturated rings. The van der Waals surface area contributed by atoms with Crippen LogP contribution in [0, 0.1) is 12.8 Å². The van der Waals surface area contributed by atoms with Crippen LogP contribution in [-0.2, 0) is 39.0 Å². The Morgan fingerprint density at radius 1 is 0.404 bits per heavy atom. The zero-order valence-electron chi connectivity index (χ0n) is 50.0. The van der Waals surface area contributed by atoms with Crippen molar-refractivity contribution in [1.29, 1.82) is 0 Å². The summed E-state index contributed by atoms with van der Waals surface area (Å²) >= 11 is 0. The van der Waals surface area contributed by atoms with Crippen LogP contribution in [0.4, 0.5) is 0 Å². The Labute approximate surface area is 519 Å². The second kappa shape index (κ2) is 26.8. The van der Waals surface area contributed by atoms with Gasteiger partial charge in [0.25, 0.3) is 0 Å². The largest absolute Gasteiger partial charge is 0.465 e. The second-order valence-electron chi connectivity index (χ2n) is 22.4. The van der Waals surface area contributed by atoms with E-state index >= 15 is 0 Å². The van der Waals surface area contributed by atoms with Crippen LogP contribution < -0.4 is 0 Å². The van der Waals surface area contributed by atoms with Gasteiger partial charge in [-0.05, 0) is 117 Å². The lowest BCUT2D eigenvalue weighted by Crippen LogP contribution is -2.22. The van der Waals surface area contributed by atoms with Crippen molar-refractivity contribution in [2.45, 2.75) is 99.2 Å². The van der Waals surface area contributed by atoms with Gasteiger partial charge >= 0.3 is 5.97 Å². The highest BCUT2D eigenvalue weighted by molar-refractivity contribution is 7.92. The number of esters is 1. The fourth-order valence-corrected chi connectivity index (χ4v) is 15.2. The van der Waals surface area contributed by atoms with Crippen molar-refractivity contribution < 1.29 is 63.6 Å². The molecule has 4 atom stereocenters. The number of carbonyl (C=O) groups excluding carboxylic acids is 7. The van der Waals surface area contributed by atoms with Crippen molar-refractivity contribution in [1.82, 2.24) is 0 Å². The molecular formula is C72H66O14S3. The predicted octanol–water partition coefficient (Wildman–Crippen LogP) is 13.4. The molecule has 456 valence electrons. The molecule has 0 heterocycles. The predicted molar refractivity (Wildman–Crippen MR) is 339 cm³/mol. The van der Waals surface area contributed by atoms with Crippen molar-refractivity contribution in [3.05, 3.63) is 271 Å². The summed E-state index contributed by atoms with van der Waals surface area (Å²) in [4.78, 5) is 89.5. The summed E-state index contributed by atoms with van der Waals surface area (Å²) in [5.74, 6) is -2.07. The third-order valence-electron chi connectivity index (χ3n) is 16.8. The molecule has 11 rings (SSSR count). The lowest BCUT2D eigenvalue weighted by atomic mass is 9.83. The molecule has 0 spiro atoms. The monoisotopic (exact) mass is 1250 g/mol. The van der Waals surface area contributed by atoms with Gasteiger partial charge in [-0.25, -0.2) is 25.3 Å². The molecule has 3 aliphatic carbocycles. The molecule has 4 unspecified atom stereocenters. The first-order valence-electron chi connectivity index (χ1n) is 29.3. The van der Waals surface area contributed by atoms with E-state index in [1.807, 2.05) is 6.92 Å². The number of aryl methyl sites for hydroxylation is 1. The van der Waals surface area contributed by atoms with Gasteiger partial charge in [0.05, 0.1) is 44.3 Å². The molecule has 89 heavy (non-hydrogen) atoms. The number of ketones is 6. The maximum Gasteiger partial charge on any atom is 0.306 e. The molecule has 0 N–H and O–H groups in total. The number of carbonyl (C=O) groups is 7. The van der Waals surface area contributed by atoms with Gasteiger partial charge in [-0.1, -0.05) is 160 Å². The van der Waals surface area contributed by atoms with E-state index in [0.717, 1.165) is 31.2 Å². The minimum Gasteiger partial charge on any atom is -0.465 e. The Balaban J connectivity index is 0.000000160. The summed E-state index contributed by atoms with van der Waals surface area (Å²) < 4.78 is 83.0. The summed E-state index contributed by atoms with van der Waals surface area (Å²) in [6.45, 7) is 11.1. The molecule has 0 radical (unpaired) electrons. The zero-order valence-corrected chi connectivity index (χ0v) is 52.5. The van der Waals surface area contributed by atoms with Crippen LogP contribution in [0.25, 0.3) is 0 Å². The third kappa shape index (κ3) is 13.3.